The van der Waals surface area contributed by atoms with Crippen LogP contribution in [0.25, 0.3) is 5.69 Å². The molecule has 5 nitrogen and oxygen atoms in total. The van der Waals surface area contributed by atoms with Crippen LogP contribution in [0.5, 0.6) is 0 Å². The fourth-order valence-electron chi connectivity index (χ4n) is 1.32. The van der Waals surface area contributed by atoms with E-state index in [0.717, 1.165) is 0 Å². The van der Waals surface area contributed by atoms with Crippen LogP contribution in [-0.4, -0.2) is 20.7 Å². The molecule has 2 aromatic heterocycles. The second-order valence-corrected chi connectivity index (χ2v) is 3.15. The van der Waals surface area contributed by atoms with E-state index in [-0.39, 0.29) is 5.56 Å². The van der Waals surface area contributed by atoms with Crippen LogP contribution in [0.3, 0.4) is 0 Å². The Morgan fingerprint density at radius 3 is 3.00 bits per heavy atom. The van der Waals surface area contributed by atoms with Crippen molar-refractivity contribution in [3.8, 4) is 5.69 Å². The average molecular weight is 221 g/mol. The van der Waals surface area contributed by atoms with E-state index in [1.54, 1.807) is 31.5 Å². The quantitative estimate of drug-likeness (QED) is 0.773. The number of carbonyl (C=O) groups excluding carboxylic acids is 1. The van der Waals surface area contributed by atoms with Gasteiger partial charge in [0.15, 0.2) is 0 Å². The summed E-state index contributed by atoms with van der Waals surface area (Å²) in [5, 5.41) is 4.06. The Labute approximate surface area is 90.4 Å². The first kappa shape index (κ1) is 10.3. The molecule has 82 valence electrons. The third-order valence-corrected chi connectivity index (χ3v) is 2.10. The zero-order valence-corrected chi connectivity index (χ0v) is 8.42. The molecule has 2 heterocycles. The van der Waals surface area contributed by atoms with Gasteiger partial charge < -0.3 is 0 Å². The van der Waals surface area contributed by atoms with Gasteiger partial charge in [0.05, 0.1) is 17.6 Å². The van der Waals surface area contributed by atoms with E-state index in [1.807, 2.05) is 0 Å². The molecule has 0 N–H and O–H groups in total. The SMILES string of the molecule is Cc1nn(-c2cccnc2)cc1C(=O)OF. The molecule has 0 aliphatic heterocycles. The minimum Gasteiger partial charge on any atom is -0.262 e. The van der Waals surface area contributed by atoms with Crippen LogP contribution in [0, 0.1) is 6.92 Å². The van der Waals surface area contributed by atoms with Crippen LogP contribution in [0.4, 0.5) is 4.53 Å². The largest absolute Gasteiger partial charge is 0.382 e. The topological polar surface area (TPSA) is 57.0 Å². The lowest BCUT2D eigenvalue weighted by molar-refractivity contribution is -0.0788. The molecule has 2 rings (SSSR count). The molecule has 0 saturated carbocycles. The Morgan fingerprint density at radius 1 is 1.56 bits per heavy atom. The first-order chi connectivity index (χ1) is 7.72. The zero-order chi connectivity index (χ0) is 11.5. The van der Waals surface area contributed by atoms with Crippen molar-refractivity contribution >= 4 is 5.97 Å². The Balaban J connectivity index is 2.42. The highest BCUT2D eigenvalue weighted by Crippen LogP contribution is 2.12. The Bertz CT molecular complexity index is 510. The molecule has 0 bridgehead atoms. The lowest BCUT2D eigenvalue weighted by Crippen LogP contribution is -1.98. The van der Waals surface area contributed by atoms with Gasteiger partial charge in [0.2, 0.25) is 0 Å². The molecule has 0 amide bonds. The van der Waals surface area contributed by atoms with E-state index in [1.165, 1.54) is 10.9 Å². The van der Waals surface area contributed by atoms with E-state index in [0.29, 0.717) is 11.4 Å². The maximum Gasteiger partial charge on any atom is 0.382 e. The van der Waals surface area contributed by atoms with Crippen LogP contribution in [0.2, 0.25) is 0 Å². The number of carbonyl (C=O) groups is 1. The Hall–Kier alpha value is -2.24. The maximum absolute atomic E-state index is 11.8. The second-order valence-electron chi connectivity index (χ2n) is 3.15. The predicted octanol–water partition coefficient (Wildman–Crippen LogP) is 1.62. The van der Waals surface area contributed by atoms with E-state index < -0.39 is 5.97 Å². The second kappa shape index (κ2) is 4.09. The van der Waals surface area contributed by atoms with Crippen LogP contribution >= 0.6 is 0 Å². The number of aromatic nitrogens is 3. The molecule has 0 saturated heterocycles. The van der Waals surface area contributed by atoms with E-state index >= 15 is 0 Å². The molecule has 6 heteroatoms. The minimum absolute atomic E-state index is 0.0892. The highest BCUT2D eigenvalue weighted by molar-refractivity contribution is 5.89. The third kappa shape index (κ3) is 1.77. The summed E-state index contributed by atoms with van der Waals surface area (Å²) in [5.74, 6) is -1.05. The van der Waals surface area contributed by atoms with Gasteiger partial charge in [-0.05, 0) is 19.1 Å². The van der Waals surface area contributed by atoms with Crippen molar-refractivity contribution in [3.63, 3.8) is 0 Å². The van der Waals surface area contributed by atoms with Crippen molar-refractivity contribution < 1.29 is 14.3 Å². The molecule has 16 heavy (non-hydrogen) atoms. The van der Waals surface area contributed by atoms with Gasteiger partial charge in [-0.25, -0.2) is 14.4 Å². The molecule has 2 aromatic rings. The maximum atomic E-state index is 11.8. The molecule has 0 atom stereocenters. The number of halogens is 1. The number of pyridine rings is 1. The van der Waals surface area contributed by atoms with E-state index in [9.17, 15) is 9.32 Å². The summed E-state index contributed by atoms with van der Waals surface area (Å²) in [7, 11) is 0. The fourth-order valence-corrected chi connectivity index (χ4v) is 1.32. The zero-order valence-electron chi connectivity index (χ0n) is 8.42. The predicted molar refractivity (Wildman–Crippen MR) is 52.6 cm³/mol. The number of rotatable bonds is 2. The van der Waals surface area contributed by atoms with Crippen molar-refractivity contribution in [2.45, 2.75) is 6.92 Å². The first-order valence-electron chi connectivity index (χ1n) is 4.52. The molecule has 0 aromatic carbocycles. The molecule has 0 spiro atoms. The minimum atomic E-state index is -1.05. The van der Waals surface area contributed by atoms with E-state index in [2.05, 4.69) is 15.0 Å². The van der Waals surface area contributed by atoms with Gasteiger partial charge in [-0.1, -0.05) is 0 Å². The summed E-state index contributed by atoms with van der Waals surface area (Å²) in [6.07, 6.45) is 4.60. The highest BCUT2D eigenvalue weighted by Gasteiger charge is 2.16. The number of hydrogen-bond acceptors (Lipinski definition) is 4. The van der Waals surface area contributed by atoms with Crippen molar-refractivity contribution in [1.82, 2.24) is 14.8 Å². The van der Waals surface area contributed by atoms with Crippen molar-refractivity contribution in [2.75, 3.05) is 0 Å². The van der Waals surface area contributed by atoms with Crippen molar-refractivity contribution in [2.24, 2.45) is 0 Å². The van der Waals surface area contributed by atoms with Gasteiger partial charge in [0.25, 0.3) is 0 Å². The molecule has 0 fully saturated rings. The highest BCUT2D eigenvalue weighted by atomic mass is 19.3. The smallest absolute Gasteiger partial charge is 0.262 e. The summed E-state index contributed by atoms with van der Waals surface area (Å²) in [4.78, 5) is 18.1. The molecule has 0 unspecified atom stereocenters. The third-order valence-electron chi connectivity index (χ3n) is 2.10. The standard InChI is InChI=1S/C10H8FN3O2/c1-7-9(10(15)16-11)6-14(13-7)8-3-2-4-12-5-8/h2-6H,1H3. The van der Waals surface area contributed by atoms with Gasteiger partial charge in [-0.15, -0.1) is 0 Å². The summed E-state index contributed by atoms with van der Waals surface area (Å²) < 4.78 is 13.2. The molecular formula is C10H8FN3O2. The summed E-state index contributed by atoms with van der Waals surface area (Å²) in [6, 6.07) is 3.50. The van der Waals surface area contributed by atoms with Gasteiger partial charge in [0.1, 0.15) is 5.56 Å². The van der Waals surface area contributed by atoms with Gasteiger partial charge in [0, 0.05) is 16.9 Å². The average Bonchev–Trinajstić information content (AvgIpc) is 2.71. The number of aryl methyl sites for hydroxylation is 1. The lowest BCUT2D eigenvalue weighted by Gasteiger charge is -1.97. The van der Waals surface area contributed by atoms with Crippen LogP contribution in [0.15, 0.2) is 30.7 Å². The van der Waals surface area contributed by atoms with Gasteiger partial charge in [-0.2, -0.15) is 5.10 Å². The van der Waals surface area contributed by atoms with E-state index in [4.69, 9.17) is 0 Å². The van der Waals surface area contributed by atoms with Crippen molar-refractivity contribution in [3.05, 3.63) is 42.0 Å². The Kier molecular flexibility index (Phi) is 2.63. The summed E-state index contributed by atoms with van der Waals surface area (Å²) in [5.41, 5.74) is 1.17. The van der Waals surface area contributed by atoms with Crippen LogP contribution in [-0.2, 0) is 4.94 Å². The Morgan fingerprint density at radius 2 is 2.38 bits per heavy atom. The molecule has 0 aliphatic carbocycles. The van der Waals surface area contributed by atoms with Gasteiger partial charge in [-0.3, -0.25) is 4.98 Å². The van der Waals surface area contributed by atoms with Crippen LogP contribution in [0.1, 0.15) is 16.1 Å². The fraction of sp³-hybridized carbons (Fsp3) is 0.100. The summed E-state index contributed by atoms with van der Waals surface area (Å²) in [6.45, 7) is 1.60. The number of nitrogens with zero attached hydrogens (tertiary/aromatic N) is 3. The lowest BCUT2D eigenvalue weighted by atomic mass is 10.3. The normalized spacial score (nSPS) is 10.1. The van der Waals surface area contributed by atoms with Gasteiger partial charge >= 0.3 is 5.97 Å². The first-order valence-corrected chi connectivity index (χ1v) is 4.52. The molecule has 0 radical (unpaired) electrons. The van der Waals surface area contributed by atoms with Crippen LogP contribution < -0.4 is 0 Å². The molecule has 0 aliphatic rings. The number of hydrogen-bond donors (Lipinski definition) is 0. The van der Waals surface area contributed by atoms with Crippen molar-refractivity contribution in [1.29, 1.82) is 0 Å². The molecular weight excluding hydrogens is 213 g/mol. The monoisotopic (exact) mass is 221 g/mol. The summed E-state index contributed by atoms with van der Waals surface area (Å²) >= 11 is 0.